The molecular formula is C18H15F4N5O3S. The van der Waals surface area contributed by atoms with E-state index in [0.29, 0.717) is 16.7 Å². The highest BCUT2D eigenvalue weighted by Gasteiger charge is 2.46. The molecule has 3 N–H and O–H groups in total. The molecule has 0 bridgehead atoms. The van der Waals surface area contributed by atoms with Gasteiger partial charge in [-0.1, -0.05) is 12.1 Å². The van der Waals surface area contributed by atoms with Gasteiger partial charge in [0, 0.05) is 12.0 Å². The number of primary amides is 1. The third-order valence-corrected chi connectivity index (χ3v) is 5.97. The van der Waals surface area contributed by atoms with Crippen LogP contribution >= 0.6 is 0 Å². The van der Waals surface area contributed by atoms with Crippen LogP contribution in [0, 0.1) is 5.82 Å². The molecule has 0 fully saturated rings. The molecule has 13 heteroatoms. The van der Waals surface area contributed by atoms with Crippen molar-refractivity contribution in [2.24, 2.45) is 5.73 Å². The van der Waals surface area contributed by atoms with Gasteiger partial charge < -0.3 is 5.73 Å². The fraction of sp³-hybridized carbons (Fsp3) is 0.222. The number of aromatic amines is 1. The van der Waals surface area contributed by atoms with Gasteiger partial charge in [-0.3, -0.25) is 4.79 Å². The van der Waals surface area contributed by atoms with Gasteiger partial charge >= 0.3 is 5.51 Å². The van der Waals surface area contributed by atoms with E-state index in [1.54, 1.807) is 6.07 Å². The first-order chi connectivity index (χ1) is 14.5. The minimum Gasteiger partial charge on any atom is -0.370 e. The van der Waals surface area contributed by atoms with Gasteiger partial charge in [-0.2, -0.15) is 18.4 Å². The average molecular weight is 457 g/mol. The van der Waals surface area contributed by atoms with Crippen molar-refractivity contribution in [1.29, 1.82) is 0 Å². The summed E-state index contributed by atoms with van der Waals surface area (Å²) in [5.41, 5.74) is 0.992. The van der Waals surface area contributed by atoms with E-state index in [9.17, 15) is 30.8 Å². The third-order valence-electron chi connectivity index (χ3n) is 4.46. The van der Waals surface area contributed by atoms with Crippen LogP contribution in [0.2, 0.25) is 0 Å². The van der Waals surface area contributed by atoms with Crippen LogP contribution in [-0.2, 0) is 21.1 Å². The number of amides is 1. The van der Waals surface area contributed by atoms with Crippen LogP contribution in [0.1, 0.15) is 23.5 Å². The van der Waals surface area contributed by atoms with Crippen molar-refractivity contribution in [2.75, 3.05) is 0 Å². The summed E-state index contributed by atoms with van der Waals surface area (Å²) in [6, 6.07) is 7.97. The molecule has 8 nitrogen and oxygen atoms in total. The molecule has 1 atom stereocenters. The molecule has 2 aromatic carbocycles. The molecule has 0 saturated heterocycles. The number of halogens is 4. The Labute approximate surface area is 173 Å². The lowest BCUT2D eigenvalue weighted by molar-refractivity contribution is -0.118. The third kappa shape index (κ3) is 5.05. The number of aromatic nitrogens is 4. The highest BCUT2D eigenvalue weighted by atomic mass is 32.2. The van der Waals surface area contributed by atoms with E-state index in [0.717, 1.165) is 12.1 Å². The van der Waals surface area contributed by atoms with Gasteiger partial charge in [0.2, 0.25) is 11.7 Å². The van der Waals surface area contributed by atoms with Crippen LogP contribution in [-0.4, -0.2) is 40.5 Å². The number of nitrogens with two attached hydrogens (primary N) is 1. The van der Waals surface area contributed by atoms with Crippen LogP contribution in [0.25, 0.3) is 11.4 Å². The van der Waals surface area contributed by atoms with Crippen molar-refractivity contribution in [2.45, 2.75) is 29.2 Å². The number of carbonyl (C=O) groups excluding carboxylic acids is 1. The van der Waals surface area contributed by atoms with Crippen LogP contribution in [0.5, 0.6) is 0 Å². The number of hydrogen-bond acceptors (Lipinski definition) is 6. The summed E-state index contributed by atoms with van der Waals surface area (Å²) >= 11 is 0. The number of H-pyrrole nitrogens is 1. The lowest BCUT2D eigenvalue weighted by atomic mass is 9.88. The standard InChI is InChI=1S/C18H15F4N5O3S/c19-14-7-12(6-13(8-14)17-24-26-27-25-17)11(9-16(23)28)5-10-1-3-15(4-2-10)31(29,30)18(20,21)22/h1-4,6-8,11H,5,9H2,(H2,23,28)(H,24,25,26,27). The SMILES string of the molecule is NC(=O)CC(Cc1ccc(S(=O)(=O)C(F)(F)F)cc1)c1cc(F)cc(-c2nn[nH]n2)c1. The van der Waals surface area contributed by atoms with Gasteiger partial charge in [0.1, 0.15) is 5.82 Å². The molecule has 0 aliphatic carbocycles. The molecule has 164 valence electrons. The number of rotatable bonds is 7. The molecule has 1 heterocycles. The van der Waals surface area contributed by atoms with E-state index >= 15 is 0 Å². The summed E-state index contributed by atoms with van der Waals surface area (Å²) < 4.78 is 75.3. The maximum Gasteiger partial charge on any atom is 0.501 e. The van der Waals surface area contributed by atoms with E-state index in [2.05, 4.69) is 20.6 Å². The molecule has 0 aliphatic rings. The Kier molecular flexibility index (Phi) is 6.06. The topological polar surface area (TPSA) is 132 Å². The molecule has 31 heavy (non-hydrogen) atoms. The lowest BCUT2D eigenvalue weighted by Gasteiger charge is -2.17. The van der Waals surface area contributed by atoms with Crippen LogP contribution in [0.4, 0.5) is 17.6 Å². The Balaban J connectivity index is 1.92. The first-order valence-corrected chi connectivity index (χ1v) is 10.2. The lowest BCUT2D eigenvalue weighted by Crippen LogP contribution is -2.23. The van der Waals surface area contributed by atoms with Crippen molar-refractivity contribution in [3.05, 3.63) is 59.4 Å². The highest BCUT2D eigenvalue weighted by Crippen LogP contribution is 2.32. The first kappa shape index (κ1) is 22.3. The highest BCUT2D eigenvalue weighted by molar-refractivity contribution is 7.92. The predicted molar refractivity (Wildman–Crippen MR) is 99.5 cm³/mol. The van der Waals surface area contributed by atoms with Gasteiger partial charge in [-0.15, -0.1) is 10.2 Å². The zero-order chi connectivity index (χ0) is 22.8. The fourth-order valence-electron chi connectivity index (χ4n) is 3.03. The molecule has 0 aliphatic heterocycles. The van der Waals surface area contributed by atoms with Crippen molar-refractivity contribution in [3.63, 3.8) is 0 Å². The first-order valence-electron chi connectivity index (χ1n) is 8.70. The molecule has 3 rings (SSSR count). The second kappa shape index (κ2) is 8.41. The van der Waals surface area contributed by atoms with Gasteiger partial charge in [-0.05, 0) is 59.0 Å². The maximum absolute atomic E-state index is 14.2. The number of carbonyl (C=O) groups is 1. The fourth-order valence-corrected chi connectivity index (χ4v) is 3.80. The Morgan fingerprint density at radius 2 is 1.81 bits per heavy atom. The van der Waals surface area contributed by atoms with Crippen molar-refractivity contribution >= 4 is 15.7 Å². The normalized spacial score (nSPS) is 13.2. The molecular weight excluding hydrogens is 442 g/mol. The van der Waals surface area contributed by atoms with Gasteiger partial charge in [0.15, 0.2) is 0 Å². The summed E-state index contributed by atoms with van der Waals surface area (Å²) in [6.45, 7) is 0. The summed E-state index contributed by atoms with van der Waals surface area (Å²) in [6.07, 6.45) is -0.0951. The van der Waals surface area contributed by atoms with Crippen LogP contribution < -0.4 is 5.73 Å². The van der Waals surface area contributed by atoms with E-state index in [1.165, 1.54) is 24.3 Å². The van der Waals surface area contributed by atoms with E-state index in [4.69, 9.17) is 5.73 Å². The maximum atomic E-state index is 14.2. The van der Waals surface area contributed by atoms with Crippen LogP contribution in [0.15, 0.2) is 47.4 Å². The predicted octanol–water partition coefficient (Wildman–Crippen LogP) is 2.50. The molecule has 0 spiro atoms. The summed E-state index contributed by atoms with van der Waals surface area (Å²) in [5, 5.41) is 13.2. The largest absolute Gasteiger partial charge is 0.501 e. The summed E-state index contributed by atoms with van der Waals surface area (Å²) in [4.78, 5) is 10.6. The number of tetrazole rings is 1. The second-order valence-electron chi connectivity index (χ2n) is 6.67. The van der Waals surface area contributed by atoms with Crippen molar-refractivity contribution < 1.29 is 30.8 Å². The molecule has 3 aromatic rings. The Bertz CT molecular complexity index is 1180. The van der Waals surface area contributed by atoms with Gasteiger partial charge in [0.05, 0.1) is 4.90 Å². The van der Waals surface area contributed by atoms with Crippen LogP contribution in [0.3, 0.4) is 0 Å². The number of benzene rings is 2. The van der Waals surface area contributed by atoms with Gasteiger partial charge in [0.25, 0.3) is 9.84 Å². The Morgan fingerprint density at radius 3 is 2.35 bits per heavy atom. The quantitative estimate of drug-likeness (QED) is 0.524. The molecule has 0 saturated carbocycles. The smallest absolute Gasteiger partial charge is 0.370 e. The minimum absolute atomic E-state index is 0.0877. The monoisotopic (exact) mass is 457 g/mol. The molecule has 1 unspecified atom stereocenters. The van der Waals surface area contributed by atoms with E-state index in [-0.39, 0.29) is 18.7 Å². The number of alkyl halides is 3. The van der Waals surface area contributed by atoms with Gasteiger partial charge in [-0.25, -0.2) is 12.8 Å². The summed E-state index contributed by atoms with van der Waals surface area (Å²) in [5.74, 6) is -1.81. The average Bonchev–Trinajstić information content (AvgIpc) is 3.21. The van der Waals surface area contributed by atoms with E-state index < -0.39 is 37.9 Å². The second-order valence-corrected chi connectivity index (χ2v) is 8.61. The Hall–Kier alpha value is -3.35. The van der Waals surface area contributed by atoms with E-state index in [1.807, 2.05) is 0 Å². The molecule has 0 radical (unpaired) electrons. The number of hydrogen-bond donors (Lipinski definition) is 2. The van der Waals surface area contributed by atoms with Crippen molar-refractivity contribution in [3.8, 4) is 11.4 Å². The minimum atomic E-state index is -5.48. The van der Waals surface area contributed by atoms with Crippen molar-refractivity contribution in [1.82, 2.24) is 20.6 Å². The summed E-state index contributed by atoms with van der Waals surface area (Å²) in [7, 11) is -5.48. The number of nitrogens with one attached hydrogen (secondary N) is 1. The number of sulfone groups is 1. The Morgan fingerprint density at radius 1 is 1.13 bits per heavy atom. The zero-order valence-electron chi connectivity index (χ0n) is 15.6. The zero-order valence-corrected chi connectivity index (χ0v) is 16.4. The molecule has 1 amide bonds. The molecule has 1 aromatic heterocycles. The number of nitrogens with zero attached hydrogens (tertiary/aromatic N) is 3.